The highest BCUT2D eigenvalue weighted by atomic mass is 16.6. The van der Waals surface area contributed by atoms with Gasteiger partial charge in [-0.3, -0.25) is 4.79 Å². The number of hydrogen-bond donors (Lipinski definition) is 1. The Balaban J connectivity index is 1.91. The molecule has 2 rings (SSSR count). The van der Waals surface area contributed by atoms with Crippen LogP contribution in [0.4, 0.5) is 5.69 Å². The quantitative estimate of drug-likeness (QED) is 0.734. The summed E-state index contributed by atoms with van der Waals surface area (Å²) in [6.45, 7) is 5.49. The van der Waals surface area contributed by atoms with Crippen molar-refractivity contribution in [1.82, 2.24) is 0 Å². The maximum atomic E-state index is 12.3. The molecule has 0 aliphatic carbocycles. The van der Waals surface area contributed by atoms with E-state index in [0.717, 1.165) is 5.56 Å². The third-order valence-electron chi connectivity index (χ3n) is 3.44. The summed E-state index contributed by atoms with van der Waals surface area (Å²) in [5, 5.41) is 2.77. The molecular formula is C20H23NO5. The first kappa shape index (κ1) is 19.3. The second-order valence-electron chi connectivity index (χ2n) is 5.69. The van der Waals surface area contributed by atoms with Crippen LogP contribution in [0.1, 0.15) is 19.4 Å². The Morgan fingerprint density at radius 1 is 1.08 bits per heavy atom. The third kappa shape index (κ3) is 6.12. The molecule has 26 heavy (non-hydrogen) atoms. The van der Waals surface area contributed by atoms with Gasteiger partial charge in [0.2, 0.25) is 0 Å². The summed E-state index contributed by atoms with van der Waals surface area (Å²) in [6.07, 6.45) is -0.666. The Kier molecular flexibility index (Phi) is 7.02. The zero-order valence-electron chi connectivity index (χ0n) is 15.2. The van der Waals surface area contributed by atoms with Crippen LogP contribution in [0.3, 0.4) is 0 Å². The Morgan fingerprint density at radius 2 is 1.81 bits per heavy atom. The van der Waals surface area contributed by atoms with Crippen molar-refractivity contribution < 1.29 is 23.8 Å². The van der Waals surface area contributed by atoms with Crippen LogP contribution in [0.25, 0.3) is 0 Å². The van der Waals surface area contributed by atoms with E-state index in [1.165, 1.54) is 0 Å². The van der Waals surface area contributed by atoms with Gasteiger partial charge in [-0.15, -0.1) is 0 Å². The number of rotatable bonds is 8. The second kappa shape index (κ2) is 9.46. The van der Waals surface area contributed by atoms with Crippen LogP contribution < -0.4 is 14.8 Å². The van der Waals surface area contributed by atoms with Crippen molar-refractivity contribution in [1.29, 1.82) is 0 Å². The molecule has 138 valence electrons. The fraction of sp³-hybridized carbons (Fsp3) is 0.300. The van der Waals surface area contributed by atoms with Crippen molar-refractivity contribution in [3.05, 3.63) is 54.1 Å². The second-order valence-corrected chi connectivity index (χ2v) is 5.69. The number of anilines is 1. The fourth-order valence-electron chi connectivity index (χ4n) is 2.20. The van der Waals surface area contributed by atoms with Crippen molar-refractivity contribution in [3.63, 3.8) is 0 Å². The van der Waals surface area contributed by atoms with Crippen molar-refractivity contribution in [2.24, 2.45) is 0 Å². The minimum atomic E-state index is -0.666. The molecule has 0 bridgehead atoms. The van der Waals surface area contributed by atoms with Gasteiger partial charge in [-0.1, -0.05) is 18.2 Å². The number of benzene rings is 2. The number of aryl methyl sites for hydroxylation is 1. The molecule has 0 saturated carbocycles. The number of ether oxygens (including phenoxy) is 3. The SMILES string of the molecule is CCOC(=O)COc1cccc(NC(=O)C(C)Oc2cccc(C)c2)c1. The summed E-state index contributed by atoms with van der Waals surface area (Å²) in [7, 11) is 0. The van der Waals surface area contributed by atoms with E-state index in [0.29, 0.717) is 23.8 Å². The number of hydrogen-bond acceptors (Lipinski definition) is 5. The molecule has 1 amide bonds. The smallest absolute Gasteiger partial charge is 0.344 e. The molecule has 1 N–H and O–H groups in total. The fourth-order valence-corrected chi connectivity index (χ4v) is 2.20. The van der Waals surface area contributed by atoms with Gasteiger partial charge in [-0.25, -0.2) is 4.79 Å². The Labute approximate surface area is 153 Å². The number of amides is 1. The first-order valence-corrected chi connectivity index (χ1v) is 8.40. The molecule has 6 nitrogen and oxygen atoms in total. The molecule has 0 aliphatic heterocycles. The molecule has 0 fully saturated rings. The average Bonchev–Trinajstić information content (AvgIpc) is 2.60. The van der Waals surface area contributed by atoms with Crippen molar-refractivity contribution >= 4 is 17.6 Å². The summed E-state index contributed by atoms with van der Waals surface area (Å²) < 4.78 is 15.8. The lowest BCUT2D eigenvalue weighted by atomic mass is 10.2. The number of esters is 1. The van der Waals surface area contributed by atoms with E-state index in [4.69, 9.17) is 14.2 Å². The largest absolute Gasteiger partial charge is 0.482 e. The summed E-state index contributed by atoms with van der Waals surface area (Å²) in [5.74, 6) is 0.374. The van der Waals surface area contributed by atoms with Gasteiger partial charge < -0.3 is 19.5 Å². The summed E-state index contributed by atoms with van der Waals surface area (Å²) in [5.41, 5.74) is 1.61. The Bertz CT molecular complexity index is 759. The van der Waals surface area contributed by atoms with Gasteiger partial charge in [0.25, 0.3) is 5.91 Å². The molecule has 6 heteroatoms. The van der Waals surface area contributed by atoms with E-state index in [1.54, 1.807) is 44.2 Å². The molecule has 0 radical (unpaired) electrons. The Hall–Kier alpha value is -3.02. The molecule has 1 unspecified atom stereocenters. The number of nitrogens with one attached hydrogen (secondary N) is 1. The standard InChI is InChI=1S/C20H23NO5/c1-4-24-19(22)13-25-17-9-6-8-16(12-17)21-20(23)15(3)26-18-10-5-7-14(2)11-18/h5-12,15H,4,13H2,1-3H3,(H,21,23). The lowest BCUT2D eigenvalue weighted by Gasteiger charge is -2.15. The van der Waals surface area contributed by atoms with Crippen LogP contribution in [-0.4, -0.2) is 31.2 Å². The molecule has 1 atom stereocenters. The summed E-state index contributed by atoms with van der Waals surface area (Å²) in [4.78, 5) is 23.6. The van der Waals surface area contributed by atoms with Gasteiger partial charge in [0.15, 0.2) is 12.7 Å². The number of carbonyl (C=O) groups is 2. The predicted molar refractivity (Wildman–Crippen MR) is 98.5 cm³/mol. The minimum absolute atomic E-state index is 0.182. The molecule has 0 aliphatic rings. The summed E-state index contributed by atoms with van der Waals surface area (Å²) in [6, 6.07) is 14.3. The monoisotopic (exact) mass is 357 g/mol. The molecule has 2 aromatic rings. The zero-order chi connectivity index (χ0) is 18.9. The molecule has 0 saturated heterocycles. The highest BCUT2D eigenvalue weighted by Gasteiger charge is 2.15. The predicted octanol–water partition coefficient (Wildman–Crippen LogP) is 3.34. The lowest BCUT2D eigenvalue weighted by Crippen LogP contribution is -2.30. The summed E-state index contributed by atoms with van der Waals surface area (Å²) >= 11 is 0. The van der Waals surface area contributed by atoms with Gasteiger partial charge in [-0.05, 0) is 50.6 Å². The van der Waals surface area contributed by atoms with E-state index < -0.39 is 12.1 Å². The first-order valence-electron chi connectivity index (χ1n) is 8.40. The van der Waals surface area contributed by atoms with Crippen molar-refractivity contribution in [2.75, 3.05) is 18.5 Å². The van der Waals surface area contributed by atoms with Crippen molar-refractivity contribution in [2.45, 2.75) is 26.9 Å². The Morgan fingerprint density at radius 3 is 2.54 bits per heavy atom. The highest BCUT2D eigenvalue weighted by molar-refractivity contribution is 5.94. The molecule has 0 aromatic heterocycles. The molecule has 0 spiro atoms. The van der Waals surface area contributed by atoms with Gasteiger partial charge in [0.1, 0.15) is 11.5 Å². The average molecular weight is 357 g/mol. The topological polar surface area (TPSA) is 73.9 Å². The van der Waals surface area contributed by atoms with Crippen LogP contribution in [0.15, 0.2) is 48.5 Å². The van der Waals surface area contributed by atoms with E-state index in [9.17, 15) is 9.59 Å². The van der Waals surface area contributed by atoms with Crippen LogP contribution in [-0.2, 0) is 14.3 Å². The maximum Gasteiger partial charge on any atom is 0.344 e. The molecule has 2 aromatic carbocycles. The zero-order valence-corrected chi connectivity index (χ0v) is 15.2. The van der Waals surface area contributed by atoms with E-state index in [1.807, 2.05) is 25.1 Å². The van der Waals surface area contributed by atoms with Gasteiger partial charge >= 0.3 is 5.97 Å². The van der Waals surface area contributed by atoms with E-state index in [-0.39, 0.29) is 12.5 Å². The molecular weight excluding hydrogens is 334 g/mol. The maximum absolute atomic E-state index is 12.3. The van der Waals surface area contributed by atoms with Crippen LogP contribution >= 0.6 is 0 Å². The van der Waals surface area contributed by atoms with Crippen LogP contribution in [0.2, 0.25) is 0 Å². The van der Waals surface area contributed by atoms with Gasteiger partial charge in [0, 0.05) is 11.8 Å². The van der Waals surface area contributed by atoms with Crippen LogP contribution in [0, 0.1) is 6.92 Å². The molecule has 0 heterocycles. The first-order chi connectivity index (χ1) is 12.5. The lowest BCUT2D eigenvalue weighted by molar-refractivity contribution is -0.145. The normalized spacial score (nSPS) is 11.3. The highest BCUT2D eigenvalue weighted by Crippen LogP contribution is 2.19. The van der Waals surface area contributed by atoms with E-state index in [2.05, 4.69) is 5.32 Å². The van der Waals surface area contributed by atoms with Gasteiger partial charge in [0.05, 0.1) is 6.61 Å². The minimum Gasteiger partial charge on any atom is -0.482 e. The van der Waals surface area contributed by atoms with Crippen LogP contribution in [0.5, 0.6) is 11.5 Å². The van der Waals surface area contributed by atoms with Crippen molar-refractivity contribution in [3.8, 4) is 11.5 Å². The third-order valence-corrected chi connectivity index (χ3v) is 3.44. The number of carbonyl (C=O) groups excluding carboxylic acids is 2. The van der Waals surface area contributed by atoms with E-state index >= 15 is 0 Å². The van der Waals surface area contributed by atoms with Gasteiger partial charge in [-0.2, -0.15) is 0 Å².